The SMILES string of the molecule is CC.CC.O=C(CSc1nc(C2=CCCCC(NC(=O)C3=CC=CCC=N3)=C2)cs1)NC1CCN(Cc2ccc(Cl)c(Cl)c2)CC1. The van der Waals surface area contributed by atoms with Crippen LogP contribution in [0, 0.1) is 0 Å². The topological polar surface area (TPSA) is 86.7 Å². The fourth-order valence-electron chi connectivity index (χ4n) is 4.97. The number of amides is 2. The molecule has 2 amide bonds. The number of nitrogens with zero attached hydrogens (tertiary/aromatic N) is 3. The first kappa shape index (κ1) is 37.8. The number of hydrogen-bond donors (Lipinski definition) is 2. The van der Waals surface area contributed by atoms with Gasteiger partial charge in [-0.1, -0.05) is 87.0 Å². The summed E-state index contributed by atoms with van der Waals surface area (Å²) in [5.74, 6) is 0.156. The Balaban J connectivity index is 0.00000139. The van der Waals surface area contributed by atoms with E-state index in [1.54, 1.807) is 12.3 Å². The maximum atomic E-state index is 12.7. The number of thiazole rings is 1. The quantitative estimate of drug-likeness (QED) is 0.255. The molecule has 3 heterocycles. The molecule has 1 aliphatic carbocycles. The van der Waals surface area contributed by atoms with Crippen LogP contribution in [0.1, 0.15) is 77.5 Å². The maximum absolute atomic E-state index is 12.7. The zero-order valence-electron chi connectivity index (χ0n) is 27.2. The fourth-order valence-corrected chi connectivity index (χ4v) is 6.93. The largest absolute Gasteiger partial charge is 0.353 e. The number of carbonyl (C=O) groups is 2. The lowest BCUT2D eigenvalue weighted by Crippen LogP contribution is -2.44. The third kappa shape index (κ3) is 12.2. The molecule has 0 saturated carbocycles. The predicted molar refractivity (Wildman–Crippen MR) is 197 cm³/mol. The van der Waals surface area contributed by atoms with E-state index < -0.39 is 0 Å². The number of thioether (sulfide) groups is 1. The molecule has 1 aromatic carbocycles. The normalized spacial score (nSPS) is 16.7. The summed E-state index contributed by atoms with van der Waals surface area (Å²) in [5.41, 5.74) is 4.25. The maximum Gasteiger partial charge on any atom is 0.273 e. The van der Waals surface area contributed by atoms with Crippen LogP contribution in [0.4, 0.5) is 0 Å². The van der Waals surface area contributed by atoms with E-state index in [9.17, 15) is 9.59 Å². The molecule has 0 spiro atoms. The number of allylic oxidation sites excluding steroid dienone is 7. The number of hydrogen-bond acceptors (Lipinski definition) is 7. The molecular weight excluding hydrogens is 657 g/mol. The molecule has 3 aliphatic rings. The Labute approximate surface area is 292 Å². The van der Waals surface area contributed by atoms with Gasteiger partial charge in [0.2, 0.25) is 5.91 Å². The summed E-state index contributed by atoms with van der Waals surface area (Å²) in [7, 11) is 0. The van der Waals surface area contributed by atoms with E-state index in [0.29, 0.717) is 21.5 Å². The van der Waals surface area contributed by atoms with Gasteiger partial charge in [-0.2, -0.15) is 0 Å². The van der Waals surface area contributed by atoms with Crippen molar-refractivity contribution in [2.45, 2.75) is 83.1 Å². The Morgan fingerprint density at radius 2 is 1.89 bits per heavy atom. The average molecular weight is 703 g/mol. The minimum atomic E-state index is -0.206. The standard InChI is InChI=1S/C31H33Cl2N5O2S2.2C2H6/c32-25-10-9-21(16-26(25)33)18-38-14-11-23(12-15-38)35-29(39)20-42-31-37-28(19-41-31)22-6-3-4-7-24(17-22)36-30(40)27-8-2-1-5-13-34-27;2*1-2/h1-2,6,8-10,13,16-17,19,23H,3-5,7,11-12,14-15,18,20H2,(H,35,39)(H,36,40);2*1-2H3. The highest BCUT2D eigenvalue weighted by molar-refractivity contribution is 8.01. The van der Waals surface area contributed by atoms with Gasteiger partial charge in [0.1, 0.15) is 5.70 Å². The lowest BCUT2D eigenvalue weighted by atomic mass is 10.0. The summed E-state index contributed by atoms with van der Waals surface area (Å²) in [6.07, 6.45) is 16.6. The molecule has 248 valence electrons. The van der Waals surface area contributed by atoms with Crippen molar-refractivity contribution in [2.75, 3.05) is 18.8 Å². The van der Waals surface area contributed by atoms with Crippen LogP contribution in [-0.2, 0) is 16.1 Å². The highest BCUT2D eigenvalue weighted by Gasteiger charge is 2.21. The van der Waals surface area contributed by atoms with Crippen LogP contribution in [0.15, 0.2) is 74.7 Å². The number of nitrogens with one attached hydrogen (secondary N) is 2. The summed E-state index contributed by atoms with van der Waals surface area (Å²) < 4.78 is 0.852. The zero-order valence-corrected chi connectivity index (χ0v) is 30.3. The summed E-state index contributed by atoms with van der Waals surface area (Å²) >= 11 is 15.2. The van der Waals surface area contributed by atoms with E-state index in [-0.39, 0.29) is 17.9 Å². The third-order valence-corrected chi connectivity index (χ3v) is 9.92. The van der Waals surface area contributed by atoms with Gasteiger partial charge in [0.05, 0.1) is 21.5 Å². The summed E-state index contributed by atoms with van der Waals surface area (Å²) in [6.45, 7) is 10.7. The molecule has 0 atom stereocenters. The lowest BCUT2D eigenvalue weighted by molar-refractivity contribution is -0.119. The molecule has 2 aliphatic heterocycles. The second kappa shape index (κ2) is 20.5. The van der Waals surface area contributed by atoms with Crippen molar-refractivity contribution in [3.8, 4) is 0 Å². The number of carbonyl (C=O) groups excluding carboxylic acids is 2. The Morgan fingerprint density at radius 1 is 1.11 bits per heavy atom. The lowest BCUT2D eigenvalue weighted by Gasteiger charge is -2.32. The van der Waals surface area contributed by atoms with Crippen molar-refractivity contribution < 1.29 is 9.59 Å². The summed E-state index contributed by atoms with van der Waals surface area (Å²) in [5, 5.41) is 9.39. The van der Waals surface area contributed by atoms with Crippen molar-refractivity contribution in [3.05, 3.63) is 86.7 Å². The van der Waals surface area contributed by atoms with Gasteiger partial charge in [-0.25, -0.2) is 4.98 Å². The van der Waals surface area contributed by atoms with Gasteiger partial charge in [0, 0.05) is 49.4 Å². The van der Waals surface area contributed by atoms with Crippen molar-refractivity contribution >= 4 is 69.9 Å². The Hall–Kier alpha value is -2.69. The molecule has 2 N–H and O–H groups in total. The van der Waals surface area contributed by atoms with Gasteiger partial charge in [-0.05, 0) is 67.5 Å². The Kier molecular flexibility index (Phi) is 16.9. The first-order valence-corrected chi connectivity index (χ1v) is 18.7. The van der Waals surface area contributed by atoms with Crippen LogP contribution in [0.3, 0.4) is 0 Å². The molecule has 0 bridgehead atoms. The van der Waals surface area contributed by atoms with E-state index in [1.165, 1.54) is 23.1 Å². The minimum absolute atomic E-state index is 0.0311. The first-order chi connectivity index (χ1) is 22.4. The van der Waals surface area contributed by atoms with Crippen molar-refractivity contribution in [1.82, 2.24) is 20.5 Å². The minimum Gasteiger partial charge on any atom is -0.353 e. The second-order valence-electron chi connectivity index (χ2n) is 10.4. The molecule has 1 fully saturated rings. The van der Waals surface area contributed by atoms with Gasteiger partial charge in [0.15, 0.2) is 4.34 Å². The van der Waals surface area contributed by atoms with Gasteiger partial charge < -0.3 is 10.6 Å². The number of piperidine rings is 1. The van der Waals surface area contributed by atoms with Crippen molar-refractivity contribution in [2.24, 2.45) is 4.99 Å². The molecule has 7 nitrogen and oxygen atoms in total. The van der Waals surface area contributed by atoms with E-state index in [1.807, 2.05) is 69.5 Å². The number of benzene rings is 1. The molecule has 0 unspecified atom stereocenters. The monoisotopic (exact) mass is 701 g/mol. The molecular formula is C35H45Cl2N5O2S2. The zero-order chi connectivity index (χ0) is 33.3. The van der Waals surface area contributed by atoms with Crippen molar-refractivity contribution in [3.63, 3.8) is 0 Å². The molecule has 2 aromatic rings. The van der Waals surface area contributed by atoms with Crippen molar-refractivity contribution in [1.29, 1.82) is 0 Å². The molecule has 5 rings (SSSR count). The van der Waals surface area contributed by atoms with E-state index >= 15 is 0 Å². The molecule has 46 heavy (non-hydrogen) atoms. The van der Waals surface area contributed by atoms with Crippen LogP contribution in [0.5, 0.6) is 0 Å². The van der Waals surface area contributed by atoms with Crippen LogP contribution >= 0.6 is 46.3 Å². The van der Waals surface area contributed by atoms with Gasteiger partial charge in [-0.15, -0.1) is 11.3 Å². The molecule has 0 radical (unpaired) electrons. The van der Waals surface area contributed by atoms with Gasteiger partial charge in [-0.3, -0.25) is 19.5 Å². The smallest absolute Gasteiger partial charge is 0.273 e. The van der Waals surface area contributed by atoms with E-state index in [2.05, 4.69) is 26.6 Å². The first-order valence-electron chi connectivity index (χ1n) is 16.1. The summed E-state index contributed by atoms with van der Waals surface area (Å²) in [6, 6.07) is 5.94. The van der Waals surface area contributed by atoms with Crippen LogP contribution < -0.4 is 10.6 Å². The number of halogens is 2. The van der Waals surface area contributed by atoms with E-state index in [4.69, 9.17) is 28.2 Å². The van der Waals surface area contributed by atoms with E-state index in [0.717, 1.165) is 85.0 Å². The highest BCUT2D eigenvalue weighted by Crippen LogP contribution is 2.29. The summed E-state index contributed by atoms with van der Waals surface area (Å²) in [4.78, 5) is 36.8. The van der Waals surface area contributed by atoms with Crippen LogP contribution in [-0.4, -0.2) is 52.8 Å². The number of rotatable bonds is 9. The average Bonchev–Trinajstić information content (AvgIpc) is 3.23. The number of aromatic nitrogens is 1. The Morgan fingerprint density at radius 3 is 2.65 bits per heavy atom. The second-order valence-corrected chi connectivity index (χ2v) is 13.3. The van der Waals surface area contributed by atoms with Gasteiger partial charge in [0.25, 0.3) is 5.91 Å². The number of likely N-dealkylation sites (tertiary alicyclic amines) is 1. The van der Waals surface area contributed by atoms with Crippen LogP contribution in [0.2, 0.25) is 10.0 Å². The third-order valence-electron chi connectivity index (χ3n) is 7.16. The van der Waals surface area contributed by atoms with Crippen LogP contribution in [0.25, 0.3) is 5.57 Å². The van der Waals surface area contributed by atoms with Gasteiger partial charge >= 0.3 is 0 Å². The number of aliphatic imine (C=N–C) groups is 1. The molecule has 1 aromatic heterocycles. The molecule has 11 heteroatoms. The predicted octanol–water partition coefficient (Wildman–Crippen LogP) is 8.86. The highest BCUT2D eigenvalue weighted by atomic mass is 35.5. The Bertz CT molecular complexity index is 1460. The molecule has 1 saturated heterocycles. The fraction of sp³-hybridized carbons (Fsp3) is 0.429.